The summed E-state index contributed by atoms with van der Waals surface area (Å²) in [7, 11) is 0. The number of nitrogens with one attached hydrogen (secondary N) is 1. The Hall–Kier alpha value is -2.35. The molecule has 1 heterocycles. The van der Waals surface area contributed by atoms with Crippen LogP contribution in [-0.2, 0) is 10.2 Å². The fourth-order valence-corrected chi connectivity index (χ4v) is 5.07. The molecule has 172 valence electrons. The number of ether oxygens (including phenoxy) is 1. The summed E-state index contributed by atoms with van der Waals surface area (Å²) in [5.74, 6) is -2.15. The first-order valence-electron chi connectivity index (χ1n) is 11.3. The summed E-state index contributed by atoms with van der Waals surface area (Å²) in [5.41, 5.74) is 0.541. The molecule has 0 radical (unpaired) electrons. The molecule has 2 aromatic rings. The summed E-state index contributed by atoms with van der Waals surface area (Å²) in [6.45, 7) is 3.27. The summed E-state index contributed by atoms with van der Waals surface area (Å²) in [6, 6.07) is 13.0. The highest BCUT2D eigenvalue weighted by Crippen LogP contribution is 2.39. The summed E-state index contributed by atoms with van der Waals surface area (Å²) in [6.07, 6.45) is 2.42. The van der Waals surface area contributed by atoms with Crippen molar-refractivity contribution in [3.63, 3.8) is 0 Å². The van der Waals surface area contributed by atoms with Crippen LogP contribution in [0.25, 0.3) is 0 Å². The molecule has 1 aliphatic carbocycles. The minimum atomic E-state index is -0.875. The first kappa shape index (κ1) is 22.8. The molecule has 5 nitrogen and oxygen atoms in total. The maximum Gasteiger partial charge on any atom is 0.254 e. The van der Waals surface area contributed by atoms with E-state index in [2.05, 4.69) is 10.2 Å². The first-order valence-corrected chi connectivity index (χ1v) is 11.3. The van der Waals surface area contributed by atoms with Gasteiger partial charge in [-0.2, -0.15) is 0 Å². The number of aliphatic hydroxyl groups is 1. The maximum absolute atomic E-state index is 14.1. The predicted molar refractivity (Wildman–Crippen MR) is 117 cm³/mol. The number of hydrogen-bond acceptors (Lipinski definition) is 4. The van der Waals surface area contributed by atoms with Gasteiger partial charge in [0.2, 0.25) is 0 Å². The van der Waals surface area contributed by atoms with Gasteiger partial charge in [-0.3, -0.25) is 9.69 Å². The van der Waals surface area contributed by atoms with E-state index in [4.69, 9.17) is 4.74 Å². The highest BCUT2D eigenvalue weighted by atomic mass is 19.1. The zero-order valence-corrected chi connectivity index (χ0v) is 18.1. The number of hydrogen-bond donors (Lipinski definition) is 2. The Morgan fingerprint density at radius 2 is 1.81 bits per heavy atom. The van der Waals surface area contributed by atoms with E-state index in [9.17, 15) is 18.7 Å². The van der Waals surface area contributed by atoms with Crippen LogP contribution in [-0.4, -0.2) is 60.9 Å². The van der Waals surface area contributed by atoms with Crippen molar-refractivity contribution in [3.8, 4) is 0 Å². The van der Waals surface area contributed by atoms with Crippen LogP contribution in [0.2, 0.25) is 0 Å². The third-order valence-electron chi connectivity index (χ3n) is 6.95. The van der Waals surface area contributed by atoms with E-state index in [0.29, 0.717) is 32.6 Å². The van der Waals surface area contributed by atoms with Crippen molar-refractivity contribution in [2.24, 2.45) is 0 Å². The van der Waals surface area contributed by atoms with Crippen molar-refractivity contribution in [3.05, 3.63) is 71.3 Å². The molecule has 1 aliphatic heterocycles. The van der Waals surface area contributed by atoms with Gasteiger partial charge in [-0.05, 0) is 43.4 Å². The fraction of sp³-hybridized carbons (Fsp3) is 0.480. The molecule has 2 aromatic carbocycles. The highest BCUT2D eigenvalue weighted by molar-refractivity contribution is 5.94. The second-order valence-electron chi connectivity index (χ2n) is 8.81. The summed E-state index contributed by atoms with van der Waals surface area (Å²) in [5, 5.41) is 13.8. The van der Waals surface area contributed by atoms with Crippen molar-refractivity contribution in [1.29, 1.82) is 0 Å². The van der Waals surface area contributed by atoms with E-state index in [1.807, 2.05) is 30.3 Å². The number of aliphatic hydroxyl groups excluding tert-OH is 1. The second kappa shape index (κ2) is 10.1. The third kappa shape index (κ3) is 5.00. The van der Waals surface area contributed by atoms with E-state index < -0.39 is 23.6 Å². The average Bonchev–Trinajstić information content (AvgIpc) is 2.98. The summed E-state index contributed by atoms with van der Waals surface area (Å²) in [4.78, 5) is 15.0. The van der Waals surface area contributed by atoms with Gasteiger partial charge in [-0.15, -0.1) is 0 Å². The Kier molecular flexibility index (Phi) is 7.18. The van der Waals surface area contributed by atoms with Crippen LogP contribution in [0.1, 0.15) is 41.6 Å². The van der Waals surface area contributed by atoms with Gasteiger partial charge in [0.25, 0.3) is 5.91 Å². The van der Waals surface area contributed by atoms with Crippen molar-refractivity contribution < 1.29 is 23.4 Å². The molecule has 1 saturated carbocycles. The molecule has 7 heteroatoms. The van der Waals surface area contributed by atoms with E-state index in [1.165, 1.54) is 6.07 Å². The Balaban J connectivity index is 1.54. The lowest BCUT2D eigenvalue weighted by Gasteiger charge is -2.37. The lowest BCUT2D eigenvalue weighted by atomic mass is 9.74. The van der Waals surface area contributed by atoms with E-state index in [-0.39, 0.29) is 17.0 Å². The van der Waals surface area contributed by atoms with Gasteiger partial charge in [-0.25, -0.2) is 8.78 Å². The maximum atomic E-state index is 14.1. The number of nitrogens with zero attached hydrogens (tertiary/aromatic N) is 1. The first-order chi connectivity index (χ1) is 15.5. The lowest BCUT2D eigenvalue weighted by molar-refractivity contribution is -0.0236. The smallest absolute Gasteiger partial charge is 0.254 e. The quantitative estimate of drug-likeness (QED) is 0.695. The SMILES string of the molecule is O=C(NC[C@]1(c2ccccc2)CC[C@@H](O)[C@H](N2CCOCC2)CC1)c1ccc(F)cc1F. The van der Waals surface area contributed by atoms with Gasteiger partial charge in [0.05, 0.1) is 24.9 Å². The molecule has 0 unspecified atom stereocenters. The number of rotatable bonds is 5. The monoisotopic (exact) mass is 444 g/mol. The second-order valence-corrected chi connectivity index (χ2v) is 8.81. The molecule has 32 heavy (non-hydrogen) atoms. The Bertz CT molecular complexity index is 921. The average molecular weight is 445 g/mol. The molecular formula is C25H30F2N2O3. The standard InChI is InChI=1S/C25H30F2N2O3/c26-19-6-7-20(21(27)16-19)24(31)28-17-25(18-4-2-1-3-5-18)10-8-22(23(30)9-11-25)29-12-14-32-15-13-29/h1-7,16,22-23,30H,8-15,17H2,(H,28,31)/t22-,23-,25-/m1/s1. The number of halogens is 2. The van der Waals surface area contributed by atoms with Gasteiger partial charge in [0, 0.05) is 37.2 Å². The van der Waals surface area contributed by atoms with Gasteiger partial charge in [0.15, 0.2) is 0 Å². The third-order valence-corrected chi connectivity index (χ3v) is 6.95. The molecule has 3 atom stereocenters. The number of benzene rings is 2. The highest BCUT2D eigenvalue weighted by Gasteiger charge is 2.40. The van der Waals surface area contributed by atoms with Crippen molar-refractivity contribution in [1.82, 2.24) is 10.2 Å². The minimum Gasteiger partial charge on any atom is -0.391 e. The molecule has 2 N–H and O–H groups in total. The van der Waals surface area contributed by atoms with Crippen LogP contribution >= 0.6 is 0 Å². The van der Waals surface area contributed by atoms with E-state index >= 15 is 0 Å². The van der Waals surface area contributed by atoms with Gasteiger partial charge < -0.3 is 15.2 Å². The van der Waals surface area contributed by atoms with Crippen molar-refractivity contribution >= 4 is 5.91 Å². The van der Waals surface area contributed by atoms with Crippen LogP contribution in [0.4, 0.5) is 8.78 Å². The molecule has 2 aliphatic rings. The lowest BCUT2D eigenvalue weighted by Crippen LogP contribution is -2.48. The number of carbonyl (C=O) groups is 1. The molecule has 2 fully saturated rings. The van der Waals surface area contributed by atoms with Crippen LogP contribution in [0.5, 0.6) is 0 Å². The van der Waals surface area contributed by atoms with Crippen molar-refractivity contribution in [2.45, 2.75) is 43.2 Å². The van der Waals surface area contributed by atoms with Gasteiger partial charge >= 0.3 is 0 Å². The predicted octanol–water partition coefficient (Wildman–Crippen LogP) is 3.27. The molecular weight excluding hydrogens is 414 g/mol. The molecule has 4 rings (SSSR count). The largest absolute Gasteiger partial charge is 0.391 e. The fourth-order valence-electron chi connectivity index (χ4n) is 5.07. The van der Waals surface area contributed by atoms with Crippen LogP contribution in [0, 0.1) is 11.6 Å². The molecule has 0 bridgehead atoms. The Morgan fingerprint density at radius 3 is 2.53 bits per heavy atom. The minimum absolute atomic E-state index is 0.0507. The number of carbonyl (C=O) groups excluding carboxylic acids is 1. The number of morpholine rings is 1. The van der Waals surface area contributed by atoms with Crippen molar-refractivity contribution in [2.75, 3.05) is 32.8 Å². The van der Waals surface area contributed by atoms with Crippen LogP contribution < -0.4 is 5.32 Å². The summed E-state index contributed by atoms with van der Waals surface area (Å²) >= 11 is 0. The van der Waals surface area contributed by atoms with Gasteiger partial charge in [0.1, 0.15) is 11.6 Å². The zero-order valence-electron chi connectivity index (χ0n) is 18.1. The normalized spacial score (nSPS) is 27.0. The Labute approximate surface area is 187 Å². The molecule has 0 spiro atoms. The van der Waals surface area contributed by atoms with Crippen LogP contribution in [0.15, 0.2) is 48.5 Å². The zero-order chi connectivity index (χ0) is 22.6. The van der Waals surface area contributed by atoms with Gasteiger partial charge in [-0.1, -0.05) is 30.3 Å². The number of amides is 1. The topological polar surface area (TPSA) is 61.8 Å². The molecule has 1 saturated heterocycles. The van der Waals surface area contributed by atoms with Crippen LogP contribution in [0.3, 0.4) is 0 Å². The molecule has 1 amide bonds. The van der Waals surface area contributed by atoms with E-state index in [1.54, 1.807) is 0 Å². The Morgan fingerprint density at radius 1 is 1.09 bits per heavy atom. The summed E-state index contributed by atoms with van der Waals surface area (Å²) < 4.78 is 32.8. The molecule has 0 aromatic heterocycles. The van der Waals surface area contributed by atoms with E-state index in [0.717, 1.165) is 43.6 Å².